The van der Waals surface area contributed by atoms with Crippen molar-refractivity contribution in [2.24, 2.45) is 4.99 Å². The number of hydrogen-bond acceptors (Lipinski definition) is 4. The number of benzene rings is 1. The van der Waals surface area contributed by atoms with Gasteiger partial charge < -0.3 is 15.2 Å². The Morgan fingerprint density at radius 1 is 1.35 bits per heavy atom. The Labute approximate surface area is 179 Å². The molecule has 0 aliphatic heterocycles. The Kier molecular flexibility index (Phi) is 7.87. The van der Waals surface area contributed by atoms with Crippen LogP contribution in [-0.2, 0) is 11.8 Å². The van der Waals surface area contributed by atoms with Gasteiger partial charge in [-0.2, -0.15) is 4.98 Å². The lowest BCUT2D eigenvalue weighted by molar-refractivity contribution is 0.372. The molecule has 0 spiro atoms. The number of guanidine groups is 1. The Hall–Kier alpha value is -1.16. The summed E-state index contributed by atoms with van der Waals surface area (Å²) in [6, 6.07) is 8.60. The van der Waals surface area contributed by atoms with Crippen LogP contribution < -0.4 is 10.6 Å². The largest absolute Gasteiger partial charge is 0.356 e. The fourth-order valence-corrected chi connectivity index (χ4v) is 3.30. The lowest BCUT2D eigenvalue weighted by atomic mass is 9.96. The van der Waals surface area contributed by atoms with E-state index in [0.29, 0.717) is 11.7 Å². The zero-order valence-electron chi connectivity index (χ0n) is 15.1. The van der Waals surface area contributed by atoms with Crippen LogP contribution in [0.25, 0.3) is 0 Å². The molecule has 6 nitrogen and oxygen atoms in total. The van der Waals surface area contributed by atoms with Crippen molar-refractivity contribution in [3.8, 4) is 0 Å². The summed E-state index contributed by atoms with van der Waals surface area (Å²) in [5.74, 6) is 2.21. The lowest BCUT2D eigenvalue weighted by Crippen LogP contribution is -2.41. The fraction of sp³-hybridized carbons (Fsp3) is 0.500. The highest BCUT2D eigenvalue weighted by Gasteiger charge is 2.44. The van der Waals surface area contributed by atoms with Gasteiger partial charge in [-0.3, -0.25) is 4.99 Å². The van der Waals surface area contributed by atoms with Gasteiger partial charge in [-0.1, -0.05) is 33.2 Å². The van der Waals surface area contributed by atoms with Gasteiger partial charge in [-0.15, -0.1) is 24.0 Å². The molecule has 1 heterocycles. The highest BCUT2D eigenvalue weighted by atomic mass is 127. The Bertz CT molecular complexity index is 745. The third kappa shape index (κ3) is 5.67. The van der Waals surface area contributed by atoms with Crippen LogP contribution in [0.15, 0.2) is 38.3 Å². The van der Waals surface area contributed by atoms with Crippen molar-refractivity contribution >= 4 is 45.9 Å². The number of hydrogen-bond donors (Lipinski definition) is 2. The van der Waals surface area contributed by atoms with E-state index in [4.69, 9.17) is 4.52 Å². The molecular formula is C18H25BrIN5O. The summed E-state index contributed by atoms with van der Waals surface area (Å²) in [5, 5.41) is 10.6. The van der Waals surface area contributed by atoms with Gasteiger partial charge >= 0.3 is 0 Å². The summed E-state index contributed by atoms with van der Waals surface area (Å²) >= 11 is 3.57. The first kappa shape index (κ1) is 21.1. The second kappa shape index (κ2) is 9.68. The molecule has 0 saturated heterocycles. The topological polar surface area (TPSA) is 75.3 Å². The molecule has 2 aromatic rings. The van der Waals surface area contributed by atoms with Crippen molar-refractivity contribution in [2.75, 3.05) is 20.1 Å². The number of halogens is 2. The number of nitrogens with zero attached hydrogens (tertiary/aromatic N) is 3. The molecule has 1 aliphatic rings. The molecule has 1 fully saturated rings. The molecule has 1 aliphatic carbocycles. The first-order valence-corrected chi connectivity index (χ1v) is 9.40. The number of aryl methyl sites for hydroxylation is 2. The Morgan fingerprint density at radius 3 is 2.77 bits per heavy atom. The van der Waals surface area contributed by atoms with Crippen LogP contribution in [0.5, 0.6) is 0 Å². The van der Waals surface area contributed by atoms with Crippen molar-refractivity contribution in [1.82, 2.24) is 20.8 Å². The number of aromatic nitrogens is 2. The summed E-state index contributed by atoms with van der Waals surface area (Å²) in [4.78, 5) is 8.52. The second-order valence-corrected chi connectivity index (χ2v) is 7.40. The minimum atomic E-state index is 0. The summed E-state index contributed by atoms with van der Waals surface area (Å²) in [5.41, 5.74) is 1.62. The van der Waals surface area contributed by atoms with Gasteiger partial charge in [-0.25, -0.2) is 0 Å². The van der Waals surface area contributed by atoms with Crippen LogP contribution in [0.2, 0.25) is 0 Å². The average Bonchev–Trinajstić information content (AvgIpc) is 3.29. The van der Waals surface area contributed by atoms with Crippen molar-refractivity contribution in [3.63, 3.8) is 0 Å². The quantitative estimate of drug-likeness (QED) is 0.246. The van der Waals surface area contributed by atoms with Crippen molar-refractivity contribution in [1.29, 1.82) is 0 Å². The summed E-state index contributed by atoms with van der Waals surface area (Å²) in [7, 11) is 1.80. The SMILES string of the molecule is CN=C(NCCCc1nc(C)no1)NCC1(c2cccc(Br)c2)CC1.I. The number of aliphatic imine (C=N–C) groups is 1. The number of rotatable bonds is 7. The molecule has 142 valence electrons. The first-order chi connectivity index (χ1) is 12.1. The molecule has 1 aromatic heterocycles. The van der Waals surface area contributed by atoms with Crippen LogP contribution >= 0.6 is 39.9 Å². The summed E-state index contributed by atoms with van der Waals surface area (Å²) in [6.45, 7) is 3.53. The second-order valence-electron chi connectivity index (χ2n) is 6.48. The average molecular weight is 534 g/mol. The standard InChI is InChI=1S/C18H24BrN5O.HI/c1-13-23-16(25-24-13)7-4-10-21-17(20-2)22-12-18(8-9-18)14-5-3-6-15(19)11-14;/h3,5-6,11H,4,7-10,12H2,1-2H3,(H2,20,21,22);1H. The smallest absolute Gasteiger partial charge is 0.226 e. The fourth-order valence-electron chi connectivity index (χ4n) is 2.90. The molecule has 0 unspecified atom stereocenters. The van der Waals surface area contributed by atoms with E-state index in [1.807, 2.05) is 6.92 Å². The van der Waals surface area contributed by atoms with Gasteiger partial charge in [0, 0.05) is 36.4 Å². The Morgan fingerprint density at radius 2 is 2.15 bits per heavy atom. The predicted octanol–water partition coefficient (Wildman–Crippen LogP) is 3.59. The highest BCUT2D eigenvalue weighted by molar-refractivity contribution is 14.0. The van der Waals surface area contributed by atoms with Gasteiger partial charge in [0.15, 0.2) is 11.8 Å². The van der Waals surface area contributed by atoms with Crippen LogP contribution in [0.4, 0.5) is 0 Å². The van der Waals surface area contributed by atoms with E-state index >= 15 is 0 Å². The van der Waals surface area contributed by atoms with Gasteiger partial charge in [0.05, 0.1) is 0 Å². The van der Waals surface area contributed by atoms with Crippen molar-refractivity contribution in [2.45, 2.75) is 38.0 Å². The van der Waals surface area contributed by atoms with Crippen molar-refractivity contribution in [3.05, 3.63) is 46.0 Å². The monoisotopic (exact) mass is 533 g/mol. The van der Waals surface area contributed by atoms with Gasteiger partial charge in [0.25, 0.3) is 0 Å². The van der Waals surface area contributed by atoms with E-state index in [2.05, 4.69) is 66.0 Å². The van der Waals surface area contributed by atoms with Gasteiger partial charge in [0.1, 0.15) is 0 Å². The minimum absolute atomic E-state index is 0. The molecule has 0 amide bonds. The minimum Gasteiger partial charge on any atom is -0.356 e. The van der Waals surface area contributed by atoms with E-state index in [1.54, 1.807) is 7.05 Å². The van der Waals surface area contributed by atoms with E-state index < -0.39 is 0 Å². The normalized spacial score (nSPS) is 15.3. The zero-order chi connectivity index (χ0) is 17.7. The van der Waals surface area contributed by atoms with Crippen LogP contribution in [0.1, 0.15) is 36.5 Å². The maximum absolute atomic E-state index is 5.12. The highest BCUT2D eigenvalue weighted by Crippen LogP contribution is 2.48. The number of nitrogens with one attached hydrogen (secondary N) is 2. The van der Waals surface area contributed by atoms with Crippen molar-refractivity contribution < 1.29 is 4.52 Å². The molecule has 8 heteroatoms. The van der Waals surface area contributed by atoms with Gasteiger partial charge in [-0.05, 0) is 43.9 Å². The maximum atomic E-state index is 5.12. The van der Waals surface area contributed by atoms with Crippen LogP contribution in [0.3, 0.4) is 0 Å². The molecule has 0 radical (unpaired) electrons. The summed E-state index contributed by atoms with van der Waals surface area (Å²) in [6.07, 6.45) is 4.11. The predicted molar refractivity (Wildman–Crippen MR) is 117 cm³/mol. The van der Waals surface area contributed by atoms with E-state index in [1.165, 1.54) is 18.4 Å². The molecule has 0 atom stereocenters. The van der Waals surface area contributed by atoms with E-state index in [-0.39, 0.29) is 29.4 Å². The first-order valence-electron chi connectivity index (χ1n) is 8.61. The van der Waals surface area contributed by atoms with Crippen LogP contribution in [0, 0.1) is 6.92 Å². The van der Waals surface area contributed by atoms with E-state index in [9.17, 15) is 0 Å². The molecule has 2 N–H and O–H groups in total. The van der Waals surface area contributed by atoms with Crippen LogP contribution in [-0.4, -0.2) is 36.2 Å². The maximum Gasteiger partial charge on any atom is 0.226 e. The summed E-state index contributed by atoms with van der Waals surface area (Å²) < 4.78 is 6.25. The van der Waals surface area contributed by atoms with E-state index in [0.717, 1.165) is 36.4 Å². The third-order valence-corrected chi connectivity index (χ3v) is 5.03. The Balaban J connectivity index is 0.00000243. The molecule has 0 bridgehead atoms. The van der Waals surface area contributed by atoms with Gasteiger partial charge in [0.2, 0.25) is 5.89 Å². The molecular weight excluding hydrogens is 509 g/mol. The lowest BCUT2D eigenvalue weighted by Gasteiger charge is -2.19. The molecule has 1 aromatic carbocycles. The zero-order valence-corrected chi connectivity index (χ0v) is 19.0. The molecule has 1 saturated carbocycles. The molecule has 26 heavy (non-hydrogen) atoms. The molecule has 3 rings (SSSR count). The third-order valence-electron chi connectivity index (χ3n) is 4.54.